The lowest BCUT2D eigenvalue weighted by atomic mass is 10.1. The van der Waals surface area contributed by atoms with Gasteiger partial charge in [0.1, 0.15) is 0 Å². The van der Waals surface area contributed by atoms with Gasteiger partial charge in [0, 0.05) is 12.5 Å². The maximum Gasteiger partial charge on any atom is 0.250 e. The van der Waals surface area contributed by atoms with Crippen molar-refractivity contribution in [1.29, 1.82) is 0 Å². The normalized spacial score (nSPS) is 10.2. The summed E-state index contributed by atoms with van der Waals surface area (Å²) < 4.78 is 0. The second-order valence-electron chi connectivity index (χ2n) is 5.22. The van der Waals surface area contributed by atoms with Crippen LogP contribution < -0.4 is 16.2 Å². The van der Waals surface area contributed by atoms with E-state index in [2.05, 4.69) is 16.2 Å². The largest absolute Gasteiger partial charge is 0.298 e. The Balaban J connectivity index is 1.66. The van der Waals surface area contributed by atoms with Gasteiger partial charge < -0.3 is 0 Å². The molecule has 2 aromatic carbocycles. The molecule has 0 atom stereocenters. The number of carbonyl (C=O) groups excluding carboxylic acids is 2. The summed E-state index contributed by atoms with van der Waals surface area (Å²) in [7, 11) is 0. The van der Waals surface area contributed by atoms with Crippen LogP contribution in [0.1, 0.15) is 17.5 Å². The first-order valence-corrected chi connectivity index (χ1v) is 8.21. The molecule has 6 heteroatoms. The van der Waals surface area contributed by atoms with Gasteiger partial charge in [-0.1, -0.05) is 60.7 Å². The Morgan fingerprint density at radius 1 is 0.920 bits per heavy atom. The molecule has 0 fully saturated rings. The molecule has 0 aromatic heterocycles. The summed E-state index contributed by atoms with van der Waals surface area (Å²) in [6.07, 6.45) is 4.01. The van der Waals surface area contributed by atoms with Gasteiger partial charge in [-0.25, -0.2) is 0 Å². The van der Waals surface area contributed by atoms with Crippen LogP contribution in [0.3, 0.4) is 0 Å². The number of thiocarbonyl (C=S) groups is 1. The second kappa shape index (κ2) is 10.00. The average Bonchev–Trinajstić information content (AvgIpc) is 2.65. The van der Waals surface area contributed by atoms with Crippen LogP contribution in [-0.4, -0.2) is 16.9 Å². The number of rotatable bonds is 5. The summed E-state index contributed by atoms with van der Waals surface area (Å²) in [5, 5.41) is 2.50. The number of aryl methyl sites for hydroxylation is 1. The van der Waals surface area contributed by atoms with E-state index in [-0.39, 0.29) is 16.9 Å². The minimum atomic E-state index is -0.375. The number of benzene rings is 2. The Hall–Kier alpha value is -2.99. The Labute approximate surface area is 152 Å². The number of hydrazine groups is 1. The summed E-state index contributed by atoms with van der Waals surface area (Å²) in [6.45, 7) is 0. The van der Waals surface area contributed by atoms with E-state index in [4.69, 9.17) is 12.2 Å². The first kappa shape index (κ1) is 18.4. The van der Waals surface area contributed by atoms with Gasteiger partial charge >= 0.3 is 0 Å². The number of hydrogen-bond donors (Lipinski definition) is 3. The molecule has 2 aromatic rings. The quantitative estimate of drug-likeness (QED) is 0.438. The molecule has 2 rings (SSSR count). The van der Waals surface area contributed by atoms with Gasteiger partial charge in [0.25, 0.3) is 0 Å². The molecule has 0 saturated heterocycles. The van der Waals surface area contributed by atoms with Crippen LogP contribution in [0.4, 0.5) is 0 Å². The Kier molecular flexibility index (Phi) is 7.34. The molecule has 0 unspecified atom stereocenters. The number of nitrogens with one attached hydrogen (secondary N) is 3. The third-order valence-electron chi connectivity index (χ3n) is 3.26. The van der Waals surface area contributed by atoms with Gasteiger partial charge in [0.2, 0.25) is 11.8 Å². The highest BCUT2D eigenvalue weighted by molar-refractivity contribution is 7.80. The molecule has 2 amide bonds. The first-order chi connectivity index (χ1) is 12.1. The number of amides is 2. The van der Waals surface area contributed by atoms with Crippen LogP contribution in [0.2, 0.25) is 0 Å². The highest BCUT2D eigenvalue weighted by Gasteiger charge is 2.04. The van der Waals surface area contributed by atoms with Gasteiger partial charge in [-0.2, -0.15) is 0 Å². The fraction of sp³-hybridized carbons (Fsp3) is 0.105. The zero-order valence-electron chi connectivity index (χ0n) is 13.6. The number of hydrogen-bond acceptors (Lipinski definition) is 3. The molecule has 0 aliphatic heterocycles. The highest BCUT2D eigenvalue weighted by Crippen LogP contribution is 2.02. The van der Waals surface area contributed by atoms with E-state index in [1.807, 2.05) is 60.7 Å². The lowest BCUT2D eigenvalue weighted by molar-refractivity contribution is -0.121. The van der Waals surface area contributed by atoms with Crippen molar-refractivity contribution in [2.45, 2.75) is 12.8 Å². The van der Waals surface area contributed by atoms with E-state index in [0.29, 0.717) is 12.8 Å². The Morgan fingerprint density at radius 3 is 2.24 bits per heavy atom. The van der Waals surface area contributed by atoms with Gasteiger partial charge in [0.05, 0.1) is 0 Å². The molecule has 128 valence electrons. The van der Waals surface area contributed by atoms with Crippen molar-refractivity contribution in [1.82, 2.24) is 16.2 Å². The predicted octanol–water partition coefficient (Wildman–Crippen LogP) is 2.35. The minimum Gasteiger partial charge on any atom is -0.298 e. The lowest BCUT2D eigenvalue weighted by Crippen LogP contribution is -2.48. The molecular weight excluding hydrogens is 334 g/mol. The standard InChI is InChI=1S/C19H19N3O2S/c23-17(13-11-15-7-3-1-4-8-15)20-19(25)22-21-18(24)14-12-16-9-5-2-6-10-16/h1-11,13H,12,14H2,(H,21,24)(H2,20,22,23,25)/b13-11+. The fourth-order valence-corrected chi connectivity index (χ4v) is 2.16. The van der Waals surface area contributed by atoms with E-state index >= 15 is 0 Å². The summed E-state index contributed by atoms with van der Waals surface area (Å²) >= 11 is 4.97. The summed E-state index contributed by atoms with van der Waals surface area (Å²) in [5.74, 6) is -0.583. The molecule has 0 radical (unpaired) electrons. The summed E-state index contributed by atoms with van der Waals surface area (Å²) in [5.41, 5.74) is 6.97. The zero-order valence-corrected chi connectivity index (χ0v) is 14.4. The lowest BCUT2D eigenvalue weighted by Gasteiger charge is -2.09. The third-order valence-corrected chi connectivity index (χ3v) is 3.47. The van der Waals surface area contributed by atoms with Crippen LogP contribution in [0, 0.1) is 0 Å². The molecule has 5 nitrogen and oxygen atoms in total. The zero-order chi connectivity index (χ0) is 17.9. The van der Waals surface area contributed by atoms with E-state index in [9.17, 15) is 9.59 Å². The fourth-order valence-electron chi connectivity index (χ4n) is 2.01. The Morgan fingerprint density at radius 2 is 1.56 bits per heavy atom. The van der Waals surface area contributed by atoms with E-state index in [1.165, 1.54) is 6.08 Å². The van der Waals surface area contributed by atoms with Gasteiger partial charge in [-0.05, 0) is 35.8 Å². The first-order valence-electron chi connectivity index (χ1n) is 7.80. The SMILES string of the molecule is O=C(/C=C/c1ccccc1)NC(=S)NNC(=O)CCc1ccccc1. The van der Waals surface area contributed by atoms with Crippen LogP contribution in [-0.2, 0) is 16.0 Å². The average molecular weight is 353 g/mol. The molecule has 0 spiro atoms. The molecule has 3 N–H and O–H groups in total. The monoisotopic (exact) mass is 353 g/mol. The van der Waals surface area contributed by atoms with Crippen molar-refractivity contribution < 1.29 is 9.59 Å². The van der Waals surface area contributed by atoms with Crippen molar-refractivity contribution >= 4 is 35.2 Å². The minimum absolute atomic E-state index is 0.0378. The van der Waals surface area contributed by atoms with Crippen molar-refractivity contribution in [2.24, 2.45) is 0 Å². The van der Waals surface area contributed by atoms with E-state index < -0.39 is 0 Å². The molecule has 25 heavy (non-hydrogen) atoms. The molecule has 0 aliphatic rings. The van der Waals surface area contributed by atoms with Crippen LogP contribution in [0.15, 0.2) is 66.7 Å². The Bertz CT molecular complexity index is 746. The summed E-state index contributed by atoms with van der Waals surface area (Å²) in [4.78, 5) is 23.5. The molecular formula is C19H19N3O2S. The molecule has 0 heterocycles. The maximum atomic E-state index is 11.8. The molecule has 0 bridgehead atoms. The maximum absolute atomic E-state index is 11.8. The van der Waals surface area contributed by atoms with E-state index in [0.717, 1.165) is 11.1 Å². The van der Waals surface area contributed by atoms with E-state index in [1.54, 1.807) is 6.08 Å². The summed E-state index contributed by atoms with van der Waals surface area (Å²) in [6, 6.07) is 19.1. The van der Waals surface area contributed by atoms with Gasteiger partial charge in [0.15, 0.2) is 5.11 Å². The third kappa shape index (κ3) is 7.41. The van der Waals surface area contributed by atoms with Crippen molar-refractivity contribution in [3.8, 4) is 0 Å². The molecule has 0 saturated carbocycles. The van der Waals surface area contributed by atoms with Crippen LogP contribution in [0.25, 0.3) is 6.08 Å². The van der Waals surface area contributed by atoms with Gasteiger partial charge in [-0.15, -0.1) is 0 Å². The second-order valence-corrected chi connectivity index (χ2v) is 5.63. The topological polar surface area (TPSA) is 70.2 Å². The van der Waals surface area contributed by atoms with Crippen molar-refractivity contribution in [3.05, 3.63) is 77.9 Å². The predicted molar refractivity (Wildman–Crippen MR) is 102 cm³/mol. The van der Waals surface area contributed by atoms with Gasteiger partial charge in [-0.3, -0.25) is 25.8 Å². The smallest absolute Gasteiger partial charge is 0.250 e. The highest BCUT2D eigenvalue weighted by atomic mass is 32.1. The van der Waals surface area contributed by atoms with Crippen LogP contribution >= 0.6 is 12.2 Å². The van der Waals surface area contributed by atoms with Crippen molar-refractivity contribution in [2.75, 3.05) is 0 Å². The van der Waals surface area contributed by atoms with Crippen LogP contribution in [0.5, 0.6) is 0 Å². The molecule has 0 aliphatic carbocycles. The number of carbonyl (C=O) groups is 2. The van der Waals surface area contributed by atoms with Crippen molar-refractivity contribution in [3.63, 3.8) is 0 Å².